The van der Waals surface area contributed by atoms with Crippen molar-refractivity contribution in [3.63, 3.8) is 0 Å². The van der Waals surface area contributed by atoms with Crippen molar-refractivity contribution in [2.75, 3.05) is 0 Å². The highest BCUT2D eigenvalue weighted by atomic mass is 16.3. The van der Waals surface area contributed by atoms with E-state index in [9.17, 15) is 14.7 Å². The van der Waals surface area contributed by atoms with Gasteiger partial charge >= 0.3 is 0 Å². The molecule has 24 heavy (non-hydrogen) atoms. The first-order valence-electron chi connectivity index (χ1n) is 7.64. The quantitative estimate of drug-likeness (QED) is 0.728. The molecule has 3 aromatic rings. The normalized spacial score (nSPS) is 11.7. The lowest BCUT2D eigenvalue weighted by Gasteiger charge is -2.10. The van der Waals surface area contributed by atoms with Crippen LogP contribution in [0.1, 0.15) is 37.9 Å². The second-order valence-electron chi connectivity index (χ2n) is 5.45. The monoisotopic (exact) mass is 316 g/mol. The lowest BCUT2D eigenvalue weighted by molar-refractivity contribution is 0.0747. The van der Waals surface area contributed by atoms with Gasteiger partial charge in [-0.15, -0.1) is 0 Å². The van der Waals surface area contributed by atoms with Crippen LogP contribution in [-0.2, 0) is 0 Å². The van der Waals surface area contributed by atoms with E-state index in [4.69, 9.17) is 0 Å². The molecule has 0 fully saturated rings. The summed E-state index contributed by atoms with van der Waals surface area (Å²) in [5.74, 6) is -0.488. The van der Waals surface area contributed by atoms with Crippen molar-refractivity contribution in [1.82, 2.24) is 0 Å². The van der Waals surface area contributed by atoms with Crippen LogP contribution in [-0.4, -0.2) is 16.7 Å². The van der Waals surface area contributed by atoms with E-state index >= 15 is 0 Å². The Kier molecular flexibility index (Phi) is 4.64. The number of carbonyl (C=O) groups is 2. The van der Waals surface area contributed by atoms with Crippen LogP contribution >= 0.6 is 0 Å². The van der Waals surface area contributed by atoms with E-state index in [1.165, 1.54) is 0 Å². The smallest absolute Gasteiger partial charge is 0.195 e. The molecule has 0 saturated heterocycles. The summed E-state index contributed by atoms with van der Waals surface area (Å²) in [7, 11) is 0. The molecule has 118 valence electrons. The first-order chi connectivity index (χ1) is 11.7. The summed E-state index contributed by atoms with van der Waals surface area (Å²) in [5.41, 5.74) is 2.02. The van der Waals surface area contributed by atoms with Crippen molar-refractivity contribution in [2.24, 2.45) is 0 Å². The Morgan fingerprint density at radius 3 is 1.67 bits per heavy atom. The molecule has 0 aliphatic carbocycles. The van der Waals surface area contributed by atoms with Crippen LogP contribution in [0.25, 0.3) is 0 Å². The molecule has 3 nitrogen and oxygen atoms in total. The van der Waals surface area contributed by atoms with Crippen molar-refractivity contribution in [3.8, 4) is 0 Å². The highest BCUT2D eigenvalue weighted by Crippen LogP contribution is 2.19. The van der Waals surface area contributed by atoms with Crippen LogP contribution in [0.15, 0.2) is 84.9 Å². The van der Waals surface area contributed by atoms with Crippen LogP contribution in [0.2, 0.25) is 0 Å². The summed E-state index contributed by atoms with van der Waals surface area (Å²) in [6.45, 7) is 0. The zero-order valence-corrected chi connectivity index (χ0v) is 12.9. The maximum absolute atomic E-state index is 12.4. The number of benzene rings is 3. The van der Waals surface area contributed by atoms with Crippen molar-refractivity contribution in [3.05, 3.63) is 107 Å². The number of hydrogen-bond donors (Lipinski definition) is 1. The summed E-state index contributed by atoms with van der Waals surface area (Å²) in [5, 5.41) is 10.2. The van der Waals surface area contributed by atoms with Gasteiger partial charge in [0.1, 0.15) is 6.10 Å². The third-order valence-corrected chi connectivity index (χ3v) is 3.83. The Hall–Kier alpha value is -3.04. The standard InChI is InChI=1S/C21H16O3/c22-19(15-7-3-1-4-8-15)17-11-13-18(14-12-17)21(24)20(23)16-9-5-2-6-10-16/h1-14,20,23H. The highest BCUT2D eigenvalue weighted by molar-refractivity contribution is 6.09. The fourth-order valence-electron chi connectivity index (χ4n) is 2.49. The average molecular weight is 316 g/mol. The molecule has 1 N–H and O–H groups in total. The average Bonchev–Trinajstić information content (AvgIpc) is 2.68. The maximum atomic E-state index is 12.4. The SMILES string of the molecule is O=C(c1ccccc1)c1ccc(C(=O)C(O)c2ccccc2)cc1. The molecule has 1 unspecified atom stereocenters. The van der Waals surface area contributed by atoms with Gasteiger partial charge in [-0.3, -0.25) is 9.59 Å². The summed E-state index contributed by atoms with van der Waals surface area (Å²) in [6.07, 6.45) is -1.21. The van der Waals surface area contributed by atoms with Crippen LogP contribution < -0.4 is 0 Å². The Morgan fingerprint density at radius 2 is 1.08 bits per heavy atom. The topological polar surface area (TPSA) is 54.4 Å². The van der Waals surface area contributed by atoms with Crippen LogP contribution in [0.5, 0.6) is 0 Å². The number of rotatable bonds is 5. The molecule has 3 rings (SSSR count). The molecule has 0 spiro atoms. The lowest BCUT2D eigenvalue weighted by atomic mass is 9.97. The first kappa shape index (κ1) is 15.8. The minimum Gasteiger partial charge on any atom is -0.380 e. The van der Waals surface area contributed by atoms with Gasteiger partial charge in [-0.2, -0.15) is 0 Å². The molecule has 0 saturated carbocycles. The Morgan fingerprint density at radius 1 is 0.625 bits per heavy atom. The van der Waals surface area contributed by atoms with Crippen molar-refractivity contribution < 1.29 is 14.7 Å². The molecular formula is C21H16O3. The Balaban J connectivity index is 1.79. The minimum absolute atomic E-state index is 0.0989. The Labute approximate surface area is 140 Å². The fraction of sp³-hybridized carbons (Fsp3) is 0.0476. The number of Topliss-reactive ketones (excluding diaryl/α,β-unsaturated/α-hetero) is 1. The first-order valence-corrected chi connectivity index (χ1v) is 7.64. The third-order valence-electron chi connectivity index (χ3n) is 3.83. The molecule has 1 atom stereocenters. The van der Waals surface area contributed by atoms with E-state index in [0.29, 0.717) is 22.3 Å². The van der Waals surface area contributed by atoms with Crippen LogP contribution in [0, 0.1) is 0 Å². The number of aliphatic hydroxyl groups is 1. The van der Waals surface area contributed by atoms with Gasteiger partial charge < -0.3 is 5.11 Å². The second kappa shape index (κ2) is 7.02. The third kappa shape index (κ3) is 3.31. The number of ketones is 2. The molecule has 0 radical (unpaired) electrons. The molecule has 0 bridgehead atoms. The van der Waals surface area contributed by atoms with Gasteiger partial charge in [-0.25, -0.2) is 0 Å². The molecule has 0 aliphatic heterocycles. The minimum atomic E-state index is -1.21. The fourth-order valence-corrected chi connectivity index (χ4v) is 2.49. The van der Waals surface area contributed by atoms with Gasteiger partial charge in [0.2, 0.25) is 0 Å². The van der Waals surface area contributed by atoms with Gasteiger partial charge in [-0.05, 0) is 5.56 Å². The van der Waals surface area contributed by atoms with E-state index in [0.717, 1.165) is 0 Å². The van der Waals surface area contributed by atoms with Gasteiger partial charge in [0.05, 0.1) is 0 Å². The molecule has 0 aliphatic rings. The van der Waals surface area contributed by atoms with Gasteiger partial charge in [0.25, 0.3) is 0 Å². The number of hydrogen-bond acceptors (Lipinski definition) is 3. The Bertz CT molecular complexity index is 837. The van der Waals surface area contributed by atoms with E-state index < -0.39 is 6.10 Å². The molecule has 0 heterocycles. The number of carbonyl (C=O) groups excluding carboxylic acids is 2. The molecule has 0 amide bonds. The summed E-state index contributed by atoms with van der Waals surface area (Å²) < 4.78 is 0. The van der Waals surface area contributed by atoms with Gasteiger partial charge in [0.15, 0.2) is 11.6 Å². The molecule has 3 heteroatoms. The maximum Gasteiger partial charge on any atom is 0.195 e. The van der Waals surface area contributed by atoms with Crippen molar-refractivity contribution in [1.29, 1.82) is 0 Å². The van der Waals surface area contributed by atoms with Crippen LogP contribution in [0.4, 0.5) is 0 Å². The summed E-state index contributed by atoms with van der Waals surface area (Å²) >= 11 is 0. The van der Waals surface area contributed by atoms with E-state index in [-0.39, 0.29) is 11.6 Å². The highest BCUT2D eigenvalue weighted by Gasteiger charge is 2.19. The number of aliphatic hydroxyl groups excluding tert-OH is 1. The largest absolute Gasteiger partial charge is 0.380 e. The lowest BCUT2D eigenvalue weighted by Crippen LogP contribution is -2.12. The van der Waals surface area contributed by atoms with Crippen molar-refractivity contribution >= 4 is 11.6 Å². The zero-order chi connectivity index (χ0) is 16.9. The molecular weight excluding hydrogens is 300 g/mol. The molecule has 0 aromatic heterocycles. The van der Waals surface area contributed by atoms with Gasteiger partial charge in [-0.1, -0.05) is 84.9 Å². The van der Waals surface area contributed by atoms with E-state index in [1.54, 1.807) is 72.8 Å². The van der Waals surface area contributed by atoms with E-state index in [2.05, 4.69) is 0 Å². The zero-order valence-electron chi connectivity index (χ0n) is 12.9. The predicted octanol–water partition coefficient (Wildman–Crippen LogP) is 3.83. The molecule has 3 aromatic carbocycles. The van der Waals surface area contributed by atoms with Crippen molar-refractivity contribution in [2.45, 2.75) is 6.10 Å². The van der Waals surface area contributed by atoms with E-state index in [1.807, 2.05) is 12.1 Å². The van der Waals surface area contributed by atoms with Crippen LogP contribution in [0.3, 0.4) is 0 Å². The summed E-state index contributed by atoms with van der Waals surface area (Å²) in [6, 6.07) is 24.1. The summed E-state index contributed by atoms with van der Waals surface area (Å²) in [4.78, 5) is 24.7. The predicted molar refractivity (Wildman–Crippen MR) is 92.0 cm³/mol. The second-order valence-corrected chi connectivity index (χ2v) is 5.45. The van der Waals surface area contributed by atoms with Gasteiger partial charge in [0, 0.05) is 16.7 Å².